The van der Waals surface area contributed by atoms with Gasteiger partial charge in [-0.15, -0.1) is 11.3 Å². The summed E-state index contributed by atoms with van der Waals surface area (Å²) in [7, 11) is 3.65. The molecule has 1 N–H and O–H groups in total. The van der Waals surface area contributed by atoms with Crippen LogP contribution in [0, 0.1) is 6.92 Å². The van der Waals surface area contributed by atoms with Gasteiger partial charge in [-0.1, -0.05) is 13.0 Å². The van der Waals surface area contributed by atoms with Gasteiger partial charge < -0.3 is 14.8 Å². The van der Waals surface area contributed by atoms with Gasteiger partial charge in [-0.25, -0.2) is 0 Å². The topological polar surface area (TPSA) is 30.5 Å². The highest BCUT2D eigenvalue weighted by Gasteiger charge is 2.09. The van der Waals surface area contributed by atoms with Gasteiger partial charge in [-0.3, -0.25) is 0 Å². The fourth-order valence-corrected chi connectivity index (χ4v) is 3.26. The number of methoxy groups -OCH3 is 1. The summed E-state index contributed by atoms with van der Waals surface area (Å²) in [6.07, 6.45) is 0.994. The van der Waals surface area contributed by atoms with Gasteiger partial charge in [0.1, 0.15) is 6.61 Å². The van der Waals surface area contributed by atoms with Gasteiger partial charge in [-0.2, -0.15) is 0 Å². The van der Waals surface area contributed by atoms with Crippen LogP contribution in [0.5, 0.6) is 11.5 Å². The zero-order chi connectivity index (χ0) is 15.2. The molecule has 3 nitrogen and oxygen atoms in total. The van der Waals surface area contributed by atoms with E-state index in [0.29, 0.717) is 6.61 Å². The Bertz CT molecular complexity index is 592. The van der Waals surface area contributed by atoms with Crippen molar-refractivity contribution in [3.05, 3.63) is 45.1 Å². The van der Waals surface area contributed by atoms with E-state index in [2.05, 4.69) is 31.3 Å². The molecule has 0 unspecified atom stereocenters. The van der Waals surface area contributed by atoms with Gasteiger partial charge in [0, 0.05) is 21.9 Å². The molecule has 0 saturated heterocycles. The Morgan fingerprint density at radius 2 is 2.00 bits per heavy atom. The first-order chi connectivity index (χ1) is 10.2. The number of benzene rings is 1. The molecule has 0 aliphatic heterocycles. The van der Waals surface area contributed by atoms with Crippen molar-refractivity contribution < 1.29 is 9.47 Å². The Kier molecular flexibility index (Phi) is 5.65. The summed E-state index contributed by atoms with van der Waals surface area (Å²) in [5.41, 5.74) is 2.49. The molecule has 2 rings (SSSR count). The molecule has 0 saturated carbocycles. The molecule has 0 aliphatic carbocycles. The Labute approximate surface area is 130 Å². The Morgan fingerprint density at radius 1 is 1.19 bits per heavy atom. The standard InChI is InChI=1S/C17H23NO2S/c1-5-13-6-7-16(17(8-13)19-4)20-11-14-9-15(10-18-3)21-12(14)2/h6-9,18H,5,10-11H2,1-4H3. The van der Waals surface area contributed by atoms with Crippen molar-refractivity contribution in [2.24, 2.45) is 0 Å². The van der Waals surface area contributed by atoms with E-state index in [-0.39, 0.29) is 0 Å². The van der Waals surface area contributed by atoms with Crippen molar-refractivity contribution in [3.8, 4) is 11.5 Å². The van der Waals surface area contributed by atoms with Crippen LogP contribution in [0.3, 0.4) is 0 Å². The van der Waals surface area contributed by atoms with Crippen LogP contribution in [0.2, 0.25) is 0 Å². The predicted molar refractivity (Wildman–Crippen MR) is 88.5 cm³/mol. The lowest BCUT2D eigenvalue weighted by molar-refractivity contribution is 0.284. The first kappa shape index (κ1) is 15.9. The molecule has 0 atom stereocenters. The van der Waals surface area contributed by atoms with Gasteiger partial charge in [0.25, 0.3) is 0 Å². The predicted octanol–water partition coefficient (Wildman–Crippen LogP) is 3.93. The van der Waals surface area contributed by atoms with Gasteiger partial charge in [-0.05, 0) is 44.2 Å². The second-order valence-corrected chi connectivity index (χ2v) is 6.29. The van der Waals surface area contributed by atoms with Crippen LogP contribution in [0.25, 0.3) is 0 Å². The van der Waals surface area contributed by atoms with E-state index in [1.54, 1.807) is 7.11 Å². The van der Waals surface area contributed by atoms with Crippen LogP contribution in [-0.4, -0.2) is 14.2 Å². The molecular weight excluding hydrogens is 282 g/mol. The Morgan fingerprint density at radius 3 is 2.67 bits per heavy atom. The largest absolute Gasteiger partial charge is 0.493 e. The fourth-order valence-electron chi connectivity index (χ4n) is 2.20. The van der Waals surface area contributed by atoms with Gasteiger partial charge >= 0.3 is 0 Å². The lowest BCUT2D eigenvalue weighted by Gasteiger charge is -2.11. The molecule has 4 heteroatoms. The number of rotatable bonds is 7. The summed E-state index contributed by atoms with van der Waals surface area (Å²) in [6, 6.07) is 8.34. The molecule has 0 radical (unpaired) electrons. The number of aryl methyl sites for hydroxylation is 2. The second-order valence-electron chi connectivity index (χ2n) is 4.95. The van der Waals surface area contributed by atoms with E-state index in [1.807, 2.05) is 30.5 Å². The SMILES string of the molecule is CCc1ccc(OCc2cc(CNC)sc2C)c(OC)c1. The summed E-state index contributed by atoms with van der Waals surface area (Å²) in [6.45, 7) is 5.75. The fraction of sp³-hybridized carbons (Fsp3) is 0.412. The molecule has 2 aromatic rings. The molecule has 0 spiro atoms. The zero-order valence-corrected chi connectivity index (χ0v) is 14.0. The first-order valence-electron chi connectivity index (χ1n) is 7.20. The zero-order valence-electron chi connectivity index (χ0n) is 13.2. The third kappa shape index (κ3) is 3.99. The van der Waals surface area contributed by atoms with Crippen LogP contribution >= 0.6 is 11.3 Å². The Hall–Kier alpha value is -1.52. The van der Waals surface area contributed by atoms with Crippen LogP contribution in [0.4, 0.5) is 0 Å². The molecule has 0 amide bonds. The lowest BCUT2D eigenvalue weighted by atomic mass is 10.1. The molecule has 0 bridgehead atoms. The van der Waals surface area contributed by atoms with E-state index >= 15 is 0 Å². The van der Waals surface area contributed by atoms with Crippen molar-refractivity contribution in [1.82, 2.24) is 5.32 Å². The maximum Gasteiger partial charge on any atom is 0.161 e. The number of nitrogens with one attached hydrogen (secondary N) is 1. The maximum atomic E-state index is 5.95. The van der Waals surface area contributed by atoms with E-state index in [1.165, 1.54) is 20.9 Å². The van der Waals surface area contributed by atoms with Gasteiger partial charge in [0.2, 0.25) is 0 Å². The van der Waals surface area contributed by atoms with Gasteiger partial charge in [0.15, 0.2) is 11.5 Å². The molecule has 1 heterocycles. The number of thiophene rings is 1. The molecular formula is C17H23NO2S. The van der Waals surface area contributed by atoms with E-state index in [4.69, 9.17) is 9.47 Å². The number of ether oxygens (including phenoxy) is 2. The number of hydrogen-bond donors (Lipinski definition) is 1. The summed E-state index contributed by atoms with van der Waals surface area (Å²) in [5, 5.41) is 3.18. The quantitative estimate of drug-likeness (QED) is 0.841. The molecule has 114 valence electrons. The summed E-state index contributed by atoms with van der Waals surface area (Å²) in [5.74, 6) is 1.60. The first-order valence-corrected chi connectivity index (χ1v) is 8.02. The minimum atomic E-state index is 0.577. The highest BCUT2D eigenvalue weighted by Crippen LogP contribution is 2.30. The van der Waals surface area contributed by atoms with E-state index in [9.17, 15) is 0 Å². The lowest BCUT2D eigenvalue weighted by Crippen LogP contribution is -2.03. The van der Waals surface area contributed by atoms with Gasteiger partial charge in [0.05, 0.1) is 7.11 Å². The number of hydrogen-bond acceptors (Lipinski definition) is 4. The van der Waals surface area contributed by atoms with Crippen molar-refractivity contribution in [1.29, 1.82) is 0 Å². The average molecular weight is 305 g/mol. The van der Waals surface area contributed by atoms with Crippen LogP contribution in [0.1, 0.15) is 27.8 Å². The second kappa shape index (κ2) is 7.48. The molecule has 1 aromatic carbocycles. The van der Waals surface area contributed by atoms with E-state index in [0.717, 1.165) is 24.5 Å². The Balaban J connectivity index is 2.09. The normalized spacial score (nSPS) is 10.7. The van der Waals surface area contributed by atoms with Crippen molar-refractivity contribution in [2.75, 3.05) is 14.2 Å². The maximum absolute atomic E-state index is 5.95. The molecule has 0 fully saturated rings. The smallest absolute Gasteiger partial charge is 0.161 e. The third-order valence-electron chi connectivity index (χ3n) is 3.44. The van der Waals surface area contributed by atoms with Crippen LogP contribution in [0.15, 0.2) is 24.3 Å². The van der Waals surface area contributed by atoms with E-state index < -0.39 is 0 Å². The van der Waals surface area contributed by atoms with Crippen molar-refractivity contribution >= 4 is 11.3 Å². The van der Waals surface area contributed by atoms with Crippen molar-refractivity contribution in [2.45, 2.75) is 33.4 Å². The minimum Gasteiger partial charge on any atom is -0.493 e. The summed E-state index contributed by atoms with van der Waals surface area (Å²) in [4.78, 5) is 2.64. The summed E-state index contributed by atoms with van der Waals surface area (Å²) < 4.78 is 11.4. The molecule has 21 heavy (non-hydrogen) atoms. The molecule has 0 aliphatic rings. The molecule has 1 aromatic heterocycles. The summed E-state index contributed by atoms with van der Waals surface area (Å²) >= 11 is 1.82. The third-order valence-corrected chi connectivity index (χ3v) is 4.53. The van der Waals surface area contributed by atoms with Crippen LogP contribution in [-0.2, 0) is 19.6 Å². The average Bonchev–Trinajstić information content (AvgIpc) is 2.85. The minimum absolute atomic E-state index is 0.577. The highest BCUT2D eigenvalue weighted by molar-refractivity contribution is 7.12. The van der Waals surface area contributed by atoms with Crippen molar-refractivity contribution in [3.63, 3.8) is 0 Å². The van der Waals surface area contributed by atoms with Crippen LogP contribution < -0.4 is 14.8 Å². The monoisotopic (exact) mass is 305 g/mol. The highest BCUT2D eigenvalue weighted by atomic mass is 32.1.